The summed E-state index contributed by atoms with van der Waals surface area (Å²) in [7, 11) is 0. The first-order chi connectivity index (χ1) is 12.0. The van der Waals surface area contributed by atoms with Gasteiger partial charge in [0.15, 0.2) is 5.78 Å². The van der Waals surface area contributed by atoms with Crippen LogP contribution in [0.1, 0.15) is 41.9 Å². The predicted molar refractivity (Wildman–Crippen MR) is 98.0 cm³/mol. The van der Waals surface area contributed by atoms with Crippen molar-refractivity contribution in [1.29, 1.82) is 5.26 Å². The molecule has 4 nitrogen and oxygen atoms in total. The normalized spacial score (nSPS) is 15.6. The molecule has 3 aromatic rings. The molecule has 0 aliphatic heterocycles. The maximum Gasteiger partial charge on any atom is 0.165 e. The summed E-state index contributed by atoms with van der Waals surface area (Å²) in [6.07, 6.45) is 5.05. The van der Waals surface area contributed by atoms with Gasteiger partial charge in [0.25, 0.3) is 0 Å². The highest BCUT2D eigenvalue weighted by Crippen LogP contribution is 2.42. The highest BCUT2D eigenvalue weighted by Gasteiger charge is 2.36. The number of aromatic nitrogens is 2. The number of rotatable bonds is 2. The molecule has 4 rings (SSSR count). The standard InChI is InChI=1S/C20H17N3OS/c1-20(2)9-16-18(17(24)10-20)14(19-22-7-8-25-19)12-23(16)15-6-4-3-5-13(15)11-21/h3-8,12H,9-10H2,1-2H3. The number of nitrogens with zero attached hydrogens (tertiary/aromatic N) is 3. The summed E-state index contributed by atoms with van der Waals surface area (Å²) in [5.41, 5.74) is 3.94. The van der Waals surface area contributed by atoms with Crippen molar-refractivity contribution in [3.05, 3.63) is 58.9 Å². The number of hydrogen-bond acceptors (Lipinski definition) is 4. The SMILES string of the molecule is CC1(C)CC(=O)c2c(-c3nccs3)cn(-c3ccccc3C#N)c2C1. The Labute approximate surface area is 150 Å². The number of carbonyl (C=O) groups is 1. The van der Waals surface area contributed by atoms with Crippen LogP contribution in [-0.2, 0) is 6.42 Å². The molecule has 1 aromatic carbocycles. The van der Waals surface area contributed by atoms with Crippen LogP contribution in [0.5, 0.6) is 0 Å². The second-order valence-electron chi connectivity index (χ2n) is 7.14. The minimum atomic E-state index is -0.0953. The number of carbonyl (C=O) groups excluding carboxylic acids is 1. The fourth-order valence-electron chi connectivity index (χ4n) is 3.58. The number of para-hydroxylation sites is 1. The minimum absolute atomic E-state index is 0.0953. The van der Waals surface area contributed by atoms with Crippen LogP contribution in [-0.4, -0.2) is 15.3 Å². The van der Waals surface area contributed by atoms with E-state index >= 15 is 0 Å². The largest absolute Gasteiger partial charge is 0.318 e. The first kappa shape index (κ1) is 15.8. The van der Waals surface area contributed by atoms with Crippen molar-refractivity contribution in [3.8, 4) is 22.3 Å². The number of fused-ring (bicyclic) bond motifs is 1. The summed E-state index contributed by atoms with van der Waals surface area (Å²) in [6, 6.07) is 9.77. The van der Waals surface area contributed by atoms with Gasteiger partial charge in [0.2, 0.25) is 0 Å². The van der Waals surface area contributed by atoms with Gasteiger partial charge in [-0.2, -0.15) is 5.26 Å². The number of nitriles is 1. The molecule has 2 aromatic heterocycles. The number of hydrogen-bond donors (Lipinski definition) is 0. The first-order valence-electron chi connectivity index (χ1n) is 8.17. The molecule has 0 spiro atoms. The Hall–Kier alpha value is -2.71. The van der Waals surface area contributed by atoms with Crippen molar-refractivity contribution in [2.45, 2.75) is 26.7 Å². The van der Waals surface area contributed by atoms with Gasteiger partial charge in [-0.15, -0.1) is 11.3 Å². The fourth-order valence-corrected chi connectivity index (χ4v) is 4.24. The Morgan fingerprint density at radius 2 is 2.08 bits per heavy atom. The summed E-state index contributed by atoms with van der Waals surface area (Å²) in [5, 5.41) is 12.2. The van der Waals surface area contributed by atoms with Crippen LogP contribution in [0.4, 0.5) is 0 Å². The number of thiazole rings is 1. The molecule has 0 radical (unpaired) electrons. The average molecular weight is 347 g/mol. The topological polar surface area (TPSA) is 58.7 Å². The summed E-state index contributed by atoms with van der Waals surface area (Å²) < 4.78 is 2.02. The lowest BCUT2D eigenvalue weighted by Gasteiger charge is -2.30. The summed E-state index contributed by atoms with van der Waals surface area (Å²) in [4.78, 5) is 17.3. The molecule has 0 saturated heterocycles. The smallest absolute Gasteiger partial charge is 0.165 e. The third kappa shape index (κ3) is 2.59. The fraction of sp³-hybridized carbons (Fsp3) is 0.250. The molecule has 124 valence electrons. The monoisotopic (exact) mass is 347 g/mol. The van der Waals surface area contributed by atoms with Crippen molar-refractivity contribution < 1.29 is 4.79 Å². The third-order valence-electron chi connectivity index (χ3n) is 4.62. The van der Waals surface area contributed by atoms with Crippen LogP contribution >= 0.6 is 11.3 Å². The lowest BCUT2D eigenvalue weighted by Crippen LogP contribution is -2.28. The highest BCUT2D eigenvalue weighted by atomic mass is 32.1. The number of benzene rings is 1. The third-order valence-corrected chi connectivity index (χ3v) is 5.42. The van der Waals surface area contributed by atoms with Crippen LogP contribution in [0.3, 0.4) is 0 Å². The van der Waals surface area contributed by atoms with Gasteiger partial charge in [0.1, 0.15) is 11.1 Å². The molecule has 1 aliphatic carbocycles. The molecule has 25 heavy (non-hydrogen) atoms. The Morgan fingerprint density at radius 3 is 2.80 bits per heavy atom. The van der Waals surface area contributed by atoms with Gasteiger partial charge in [-0.25, -0.2) is 4.98 Å². The second-order valence-corrected chi connectivity index (χ2v) is 8.04. The van der Waals surface area contributed by atoms with E-state index in [1.165, 1.54) is 11.3 Å². The minimum Gasteiger partial charge on any atom is -0.318 e. The molecule has 0 N–H and O–H groups in total. The van der Waals surface area contributed by atoms with Crippen LogP contribution in [0.15, 0.2) is 42.0 Å². The van der Waals surface area contributed by atoms with Crippen LogP contribution in [0.25, 0.3) is 16.3 Å². The van der Waals surface area contributed by atoms with E-state index in [0.717, 1.165) is 33.9 Å². The number of ketones is 1. The molecular formula is C20H17N3OS. The van der Waals surface area contributed by atoms with Gasteiger partial charge >= 0.3 is 0 Å². The lowest BCUT2D eigenvalue weighted by atomic mass is 9.75. The average Bonchev–Trinajstić information content (AvgIpc) is 3.21. The van der Waals surface area contributed by atoms with Crippen molar-refractivity contribution >= 4 is 17.1 Å². The van der Waals surface area contributed by atoms with Crippen LogP contribution in [0, 0.1) is 16.7 Å². The highest BCUT2D eigenvalue weighted by molar-refractivity contribution is 7.13. The van der Waals surface area contributed by atoms with Gasteiger partial charge < -0.3 is 4.57 Å². The van der Waals surface area contributed by atoms with E-state index in [1.807, 2.05) is 34.3 Å². The molecule has 0 atom stereocenters. The van der Waals surface area contributed by atoms with Gasteiger partial charge in [-0.1, -0.05) is 26.0 Å². The first-order valence-corrected chi connectivity index (χ1v) is 9.05. The van der Waals surface area contributed by atoms with E-state index in [1.54, 1.807) is 12.3 Å². The zero-order chi connectivity index (χ0) is 17.6. The Balaban J connectivity index is 2.02. The van der Waals surface area contributed by atoms with E-state index in [2.05, 4.69) is 24.9 Å². The lowest BCUT2D eigenvalue weighted by molar-refractivity contribution is 0.0911. The summed E-state index contributed by atoms with van der Waals surface area (Å²) in [5.74, 6) is 0.157. The molecule has 1 aliphatic rings. The Bertz CT molecular complexity index is 1010. The maximum absolute atomic E-state index is 12.9. The Morgan fingerprint density at radius 1 is 1.28 bits per heavy atom. The van der Waals surface area contributed by atoms with Gasteiger partial charge in [0, 0.05) is 41.0 Å². The summed E-state index contributed by atoms with van der Waals surface area (Å²) in [6.45, 7) is 4.23. The van der Waals surface area contributed by atoms with Crippen molar-refractivity contribution in [2.24, 2.45) is 5.41 Å². The molecule has 0 amide bonds. The quantitative estimate of drug-likeness (QED) is 0.679. The number of Topliss-reactive ketones (excluding diaryl/α,β-unsaturated/α-hetero) is 1. The van der Waals surface area contributed by atoms with E-state index in [-0.39, 0.29) is 11.2 Å². The second kappa shape index (κ2) is 5.68. The molecule has 0 fully saturated rings. The van der Waals surface area contributed by atoms with E-state index < -0.39 is 0 Å². The molecule has 5 heteroatoms. The van der Waals surface area contributed by atoms with Gasteiger partial charge in [-0.05, 0) is 24.0 Å². The zero-order valence-corrected chi connectivity index (χ0v) is 14.9. The van der Waals surface area contributed by atoms with Crippen molar-refractivity contribution in [1.82, 2.24) is 9.55 Å². The van der Waals surface area contributed by atoms with Crippen molar-refractivity contribution in [2.75, 3.05) is 0 Å². The van der Waals surface area contributed by atoms with Gasteiger partial charge in [0.05, 0.1) is 11.3 Å². The molecule has 0 saturated carbocycles. The van der Waals surface area contributed by atoms with E-state index in [0.29, 0.717) is 12.0 Å². The van der Waals surface area contributed by atoms with Crippen LogP contribution < -0.4 is 0 Å². The Kier molecular flexibility index (Phi) is 3.59. The van der Waals surface area contributed by atoms with E-state index in [9.17, 15) is 10.1 Å². The zero-order valence-electron chi connectivity index (χ0n) is 14.1. The van der Waals surface area contributed by atoms with E-state index in [4.69, 9.17) is 0 Å². The van der Waals surface area contributed by atoms with Crippen molar-refractivity contribution in [3.63, 3.8) is 0 Å². The predicted octanol–water partition coefficient (Wildman–Crippen LogP) is 4.63. The van der Waals surface area contributed by atoms with Crippen LogP contribution in [0.2, 0.25) is 0 Å². The van der Waals surface area contributed by atoms with Gasteiger partial charge in [-0.3, -0.25) is 4.79 Å². The molecule has 2 heterocycles. The molecule has 0 bridgehead atoms. The molecular weight excluding hydrogens is 330 g/mol. The molecule has 0 unspecified atom stereocenters. The summed E-state index contributed by atoms with van der Waals surface area (Å²) >= 11 is 1.53. The maximum atomic E-state index is 12.9.